The largest absolute Gasteiger partial charge is 0.349 e. The predicted molar refractivity (Wildman–Crippen MR) is 155 cm³/mol. The van der Waals surface area contributed by atoms with Crippen LogP contribution in [0.4, 0.5) is 0 Å². The number of piperidine rings is 1. The molecule has 1 spiro atoms. The molecule has 204 valence electrons. The zero-order chi connectivity index (χ0) is 26.4. The molecule has 6 heteroatoms. The Morgan fingerprint density at radius 2 is 1.58 bits per heavy atom. The van der Waals surface area contributed by atoms with E-state index in [4.69, 9.17) is 0 Å². The van der Waals surface area contributed by atoms with Gasteiger partial charge in [0.15, 0.2) is 0 Å². The Balaban J connectivity index is 1.14. The second kappa shape index (κ2) is 12.8. The van der Waals surface area contributed by atoms with Crippen LogP contribution < -0.4 is 5.32 Å². The third-order valence-corrected chi connectivity index (χ3v) is 9.71. The van der Waals surface area contributed by atoms with E-state index in [0.29, 0.717) is 12.5 Å². The van der Waals surface area contributed by atoms with Gasteiger partial charge in [0.2, 0.25) is 11.8 Å². The van der Waals surface area contributed by atoms with Crippen LogP contribution in [0.15, 0.2) is 59.1 Å². The SMILES string of the molecule is O=C(NC(CCN1CCC2(CC1)CCN(Cc1ccc(Br)cc1)C2=O)c1ccccc1)C1CCCCCC1. The lowest BCUT2D eigenvalue weighted by Crippen LogP contribution is -2.45. The van der Waals surface area contributed by atoms with Crippen LogP contribution in [0.1, 0.15) is 81.4 Å². The summed E-state index contributed by atoms with van der Waals surface area (Å²) >= 11 is 3.49. The molecule has 2 amide bonds. The van der Waals surface area contributed by atoms with E-state index in [1.165, 1.54) is 36.8 Å². The van der Waals surface area contributed by atoms with E-state index in [1.807, 2.05) is 18.2 Å². The highest BCUT2D eigenvalue weighted by Gasteiger charge is 2.47. The van der Waals surface area contributed by atoms with Crippen molar-refractivity contribution in [2.45, 2.75) is 76.8 Å². The van der Waals surface area contributed by atoms with E-state index in [-0.39, 0.29) is 23.3 Å². The summed E-state index contributed by atoms with van der Waals surface area (Å²) in [6.07, 6.45) is 10.6. The number of nitrogens with zero attached hydrogens (tertiary/aromatic N) is 2. The fourth-order valence-corrected chi connectivity index (χ4v) is 6.94. The molecule has 3 aliphatic rings. The molecule has 3 fully saturated rings. The Hall–Kier alpha value is -2.18. The van der Waals surface area contributed by atoms with Gasteiger partial charge in [0.25, 0.3) is 0 Å². The lowest BCUT2D eigenvalue weighted by molar-refractivity contribution is -0.139. The minimum Gasteiger partial charge on any atom is -0.349 e. The quantitative estimate of drug-likeness (QED) is 0.364. The number of hydrogen-bond acceptors (Lipinski definition) is 3. The molecule has 2 saturated heterocycles. The summed E-state index contributed by atoms with van der Waals surface area (Å²) in [6, 6.07) is 18.8. The molecule has 2 aromatic rings. The molecule has 38 heavy (non-hydrogen) atoms. The molecule has 5 nitrogen and oxygen atoms in total. The van der Waals surface area contributed by atoms with Crippen LogP contribution in [0.2, 0.25) is 0 Å². The fourth-order valence-electron chi connectivity index (χ4n) is 6.67. The predicted octanol–water partition coefficient (Wildman–Crippen LogP) is 6.48. The molecule has 0 bridgehead atoms. The van der Waals surface area contributed by atoms with Crippen molar-refractivity contribution in [3.8, 4) is 0 Å². The van der Waals surface area contributed by atoms with Crippen molar-refractivity contribution in [1.82, 2.24) is 15.1 Å². The maximum Gasteiger partial charge on any atom is 0.229 e. The van der Waals surface area contributed by atoms with Crippen LogP contribution >= 0.6 is 15.9 Å². The van der Waals surface area contributed by atoms with E-state index >= 15 is 0 Å². The Morgan fingerprint density at radius 1 is 0.921 bits per heavy atom. The maximum atomic E-state index is 13.5. The van der Waals surface area contributed by atoms with Crippen LogP contribution in [-0.4, -0.2) is 47.8 Å². The molecule has 1 saturated carbocycles. The number of amides is 2. The highest BCUT2D eigenvalue weighted by Crippen LogP contribution is 2.42. The van der Waals surface area contributed by atoms with Gasteiger partial charge in [0.1, 0.15) is 0 Å². The molecule has 0 aromatic heterocycles. The number of nitrogens with one attached hydrogen (secondary N) is 1. The second-order valence-corrected chi connectivity index (χ2v) is 12.6. The topological polar surface area (TPSA) is 52.7 Å². The number of carbonyl (C=O) groups is 2. The van der Waals surface area contributed by atoms with Crippen molar-refractivity contribution < 1.29 is 9.59 Å². The minimum atomic E-state index is -0.182. The van der Waals surface area contributed by atoms with Gasteiger partial charge in [-0.1, -0.05) is 84.1 Å². The van der Waals surface area contributed by atoms with Gasteiger partial charge in [0, 0.05) is 30.0 Å². The van der Waals surface area contributed by atoms with Crippen molar-refractivity contribution in [3.63, 3.8) is 0 Å². The Morgan fingerprint density at radius 3 is 2.26 bits per heavy atom. The number of likely N-dealkylation sites (tertiary alicyclic amines) is 2. The summed E-state index contributed by atoms with van der Waals surface area (Å²) in [5.41, 5.74) is 2.20. The maximum absolute atomic E-state index is 13.5. The second-order valence-electron chi connectivity index (χ2n) is 11.7. The van der Waals surface area contributed by atoms with Crippen molar-refractivity contribution in [1.29, 1.82) is 0 Å². The molecule has 2 aromatic carbocycles. The van der Waals surface area contributed by atoms with Gasteiger partial charge in [-0.2, -0.15) is 0 Å². The molecule has 2 aliphatic heterocycles. The van der Waals surface area contributed by atoms with Crippen LogP contribution in [0.3, 0.4) is 0 Å². The number of rotatable bonds is 8. The van der Waals surface area contributed by atoms with Gasteiger partial charge in [0.05, 0.1) is 11.5 Å². The third-order valence-electron chi connectivity index (χ3n) is 9.18. The van der Waals surface area contributed by atoms with E-state index < -0.39 is 0 Å². The molecular weight excluding hydrogens is 538 g/mol. The average Bonchev–Trinajstić information content (AvgIpc) is 3.11. The summed E-state index contributed by atoms with van der Waals surface area (Å²) in [6.45, 7) is 4.42. The Bertz CT molecular complexity index is 1060. The zero-order valence-corrected chi connectivity index (χ0v) is 24.1. The van der Waals surface area contributed by atoms with Crippen LogP contribution in [0.25, 0.3) is 0 Å². The molecule has 1 atom stereocenters. The van der Waals surface area contributed by atoms with Gasteiger partial charge in [-0.05, 0) is 74.9 Å². The zero-order valence-electron chi connectivity index (χ0n) is 22.5. The van der Waals surface area contributed by atoms with E-state index in [1.54, 1.807) is 0 Å². The summed E-state index contributed by atoms with van der Waals surface area (Å²) in [5.74, 6) is 0.742. The number of benzene rings is 2. The standard InChI is InChI=1S/C32H42BrN3O2/c33-28-14-12-25(13-15-28)24-36-23-19-32(31(36)38)17-21-35(22-18-32)20-16-29(26-8-6-3-7-9-26)34-30(37)27-10-4-1-2-5-11-27/h3,6-9,12-15,27,29H,1-2,4-5,10-11,16-24H2,(H,34,37). The van der Waals surface area contributed by atoms with Crippen LogP contribution in [-0.2, 0) is 16.1 Å². The van der Waals surface area contributed by atoms with Crippen molar-refractivity contribution in [3.05, 3.63) is 70.2 Å². The third kappa shape index (κ3) is 6.69. The first-order valence-electron chi connectivity index (χ1n) is 14.6. The molecule has 0 radical (unpaired) electrons. The lowest BCUT2D eigenvalue weighted by atomic mass is 9.77. The van der Waals surface area contributed by atoms with Crippen molar-refractivity contribution >= 4 is 27.7 Å². The van der Waals surface area contributed by atoms with Crippen molar-refractivity contribution in [2.24, 2.45) is 11.3 Å². The highest BCUT2D eigenvalue weighted by atomic mass is 79.9. The highest BCUT2D eigenvalue weighted by molar-refractivity contribution is 9.10. The van der Waals surface area contributed by atoms with Crippen LogP contribution in [0, 0.1) is 11.3 Å². The first-order chi connectivity index (χ1) is 18.5. The van der Waals surface area contributed by atoms with E-state index in [2.05, 4.69) is 67.4 Å². The molecule has 5 rings (SSSR count). The minimum absolute atomic E-state index is 0.0392. The first kappa shape index (κ1) is 27.4. The number of hydrogen-bond donors (Lipinski definition) is 1. The summed E-state index contributed by atoms with van der Waals surface area (Å²) in [5, 5.41) is 3.43. The van der Waals surface area contributed by atoms with Crippen molar-refractivity contribution in [2.75, 3.05) is 26.2 Å². The molecule has 1 aliphatic carbocycles. The van der Waals surface area contributed by atoms with E-state index in [0.717, 1.165) is 69.2 Å². The van der Waals surface area contributed by atoms with Gasteiger partial charge in [-0.15, -0.1) is 0 Å². The molecule has 1 N–H and O–H groups in total. The molecule has 1 unspecified atom stereocenters. The lowest BCUT2D eigenvalue weighted by Gasteiger charge is -2.38. The normalized spacial score (nSPS) is 21.4. The van der Waals surface area contributed by atoms with Gasteiger partial charge in [-0.3, -0.25) is 9.59 Å². The van der Waals surface area contributed by atoms with Gasteiger partial charge in [-0.25, -0.2) is 0 Å². The summed E-state index contributed by atoms with van der Waals surface area (Å²) < 4.78 is 1.07. The van der Waals surface area contributed by atoms with Gasteiger partial charge < -0.3 is 15.1 Å². The average molecular weight is 581 g/mol. The summed E-state index contributed by atoms with van der Waals surface area (Å²) in [4.78, 5) is 31.2. The van der Waals surface area contributed by atoms with Crippen LogP contribution in [0.5, 0.6) is 0 Å². The summed E-state index contributed by atoms with van der Waals surface area (Å²) in [7, 11) is 0. The first-order valence-corrected chi connectivity index (χ1v) is 15.4. The number of carbonyl (C=O) groups excluding carboxylic acids is 2. The smallest absolute Gasteiger partial charge is 0.229 e. The Kier molecular flexibility index (Phi) is 9.21. The van der Waals surface area contributed by atoms with Gasteiger partial charge >= 0.3 is 0 Å². The Labute approximate surface area is 236 Å². The molecule has 2 heterocycles. The monoisotopic (exact) mass is 579 g/mol. The van der Waals surface area contributed by atoms with E-state index in [9.17, 15) is 9.59 Å². The number of halogens is 1. The fraction of sp³-hybridized carbons (Fsp3) is 0.562. The molecular formula is C32H42BrN3O2.